The van der Waals surface area contributed by atoms with E-state index in [2.05, 4.69) is 43.2 Å². The van der Waals surface area contributed by atoms with Crippen LogP contribution < -0.4 is 5.32 Å². The summed E-state index contributed by atoms with van der Waals surface area (Å²) in [5.74, 6) is 1.86. The van der Waals surface area contributed by atoms with Gasteiger partial charge in [0.25, 0.3) is 0 Å². The third-order valence-electron chi connectivity index (χ3n) is 6.97. The number of rotatable bonds is 4. The van der Waals surface area contributed by atoms with E-state index in [0.717, 1.165) is 35.2 Å². The number of hydrogen-bond acceptors (Lipinski definition) is 4. The summed E-state index contributed by atoms with van der Waals surface area (Å²) >= 11 is 0. The Bertz CT molecular complexity index is 738. The molecule has 1 N–H and O–H groups in total. The molecule has 4 atom stereocenters. The van der Waals surface area contributed by atoms with Gasteiger partial charge in [-0.05, 0) is 42.9 Å². The summed E-state index contributed by atoms with van der Waals surface area (Å²) in [4.78, 5) is 16.9. The number of ether oxygens (including phenoxy) is 1. The molecule has 0 amide bonds. The Balaban J connectivity index is 1.65. The normalized spacial score (nSPS) is 31.2. The van der Waals surface area contributed by atoms with E-state index in [4.69, 9.17) is 4.74 Å². The van der Waals surface area contributed by atoms with E-state index in [1.807, 2.05) is 6.92 Å². The predicted octanol–water partition coefficient (Wildman–Crippen LogP) is 4.31. The quantitative estimate of drug-likeness (QED) is 0.830. The van der Waals surface area contributed by atoms with Crippen molar-refractivity contribution in [2.45, 2.75) is 53.0 Å². The average Bonchev–Trinajstić information content (AvgIpc) is 3.05. The van der Waals surface area contributed by atoms with Gasteiger partial charge in [-0.3, -0.25) is 4.98 Å². The third-order valence-corrected chi connectivity index (χ3v) is 6.97. The van der Waals surface area contributed by atoms with Crippen LogP contribution in [0.2, 0.25) is 0 Å². The van der Waals surface area contributed by atoms with E-state index < -0.39 is 0 Å². The lowest BCUT2D eigenvalue weighted by Gasteiger charge is -2.62. The maximum absolute atomic E-state index is 12.4. The first kappa shape index (κ1) is 16.6. The minimum Gasteiger partial charge on any atom is -0.462 e. The Morgan fingerprint density at radius 2 is 2.20 bits per heavy atom. The molecule has 0 unspecified atom stereocenters. The lowest BCUT2D eigenvalue weighted by molar-refractivity contribution is -0.105. The highest BCUT2D eigenvalue weighted by Gasteiger charge is 2.56. The monoisotopic (exact) mass is 340 g/mol. The smallest absolute Gasteiger partial charge is 0.341 e. The predicted molar refractivity (Wildman–Crippen MR) is 99.5 cm³/mol. The van der Waals surface area contributed by atoms with E-state index in [-0.39, 0.29) is 5.97 Å². The number of fused-ring (bicyclic) bond motifs is 3. The SMILES string of the molecule is CCOC(=O)c1cnc2c(c1N[C@@H]1C[C@@H]3C[C@H]([C@H]1C)C3(C)C)C=CC2. The average molecular weight is 340 g/mol. The second-order valence-corrected chi connectivity index (χ2v) is 8.44. The summed E-state index contributed by atoms with van der Waals surface area (Å²) in [5, 5.41) is 3.75. The molecule has 1 aromatic rings. The molecule has 4 heteroatoms. The molecule has 1 heterocycles. The number of esters is 1. The Morgan fingerprint density at radius 1 is 1.40 bits per heavy atom. The van der Waals surface area contributed by atoms with Crippen LogP contribution in [0.4, 0.5) is 5.69 Å². The number of allylic oxidation sites excluding steroid dienone is 1. The van der Waals surface area contributed by atoms with Crippen LogP contribution in [-0.4, -0.2) is 23.6 Å². The maximum atomic E-state index is 12.4. The molecular weight excluding hydrogens is 312 g/mol. The van der Waals surface area contributed by atoms with Gasteiger partial charge >= 0.3 is 5.97 Å². The molecule has 134 valence electrons. The fourth-order valence-electron chi connectivity index (χ4n) is 5.24. The Morgan fingerprint density at radius 3 is 2.88 bits per heavy atom. The Kier molecular flexibility index (Phi) is 3.89. The molecule has 4 aliphatic rings. The summed E-state index contributed by atoms with van der Waals surface area (Å²) in [6, 6.07) is 0.408. The van der Waals surface area contributed by atoms with Crippen LogP contribution in [0.5, 0.6) is 0 Å². The minimum atomic E-state index is -0.283. The standard InChI is InChI=1S/C21H28N2O2/c1-5-25-20(24)15-11-22-17-8-6-7-14(17)19(15)23-18-10-13-9-16(12(18)2)21(13,3)4/h6-7,11-13,16,18H,5,8-10H2,1-4H3,(H,22,23)/t12-,13+,16-,18-/m1/s1. The Hall–Kier alpha value is -1.84. The van der Waals surface area contributed by atoms with Gasteiger partial charge < -0.3 is 10.1 Å². The molecular formula is C21H28N2O2. The van der Waals surface area contributed by atoms with Gasteiger partial charge in [-0.25, -0.2) is 4.79 Å². The second-order valence-electron chi connectivity index (χ2n) is 8.44. The van der Waals surface area contributed by atoms with Crippen LogP contribution >= 0.6 is 0 Å². The molecule has 3 fully saturated rings. The number of carbonyl (C=O) groups excluding carboxylic acids is 1. The van der Waals surface area contributed by atoms with Gasteiger partial charge in [0.05, 0.1) is 18.0 Å². The molecule has 3 saturated carbocycles. The zero-order valence-corrected chi connectivity index (χ0v) is 15.6. The molecule has 25 heavy (non-hydrogen) atoms. The summed E-state index contributed by atoms with van der Waals surface area (Å²) in [6.07, 6.45) is 9.25. The molecule has 4 aliphatic carbocycles. The molecule has 0 radical (unpaired) electrons. The van der Waals surface area contributed by atoms with Crippen LogP contribution in [0.25, 0.3) is 6.08 Å². The van der Waals surface area contributed by atoms with E-state index >= 15 is 0 Å². The van der Waals surface area contributed by atoms with Crippen molar-refractivity contribution < 1.29 is 9.53 Å². The lowest BCUT2D eigenvalue weighted by atomic mass is 9.44. The van der Waals surface area contributed by atoms with Crippen molar-refractivity contribution in [1.29, 1.82) is 0 Å². The largest absolute Gasteiger partial charge is 0.462 e. The van der Waals surface area contributed by atoms with Crippen LogP contribution in [0.15, 0.2) is 12.3 Å². The number of hydrogen-bond donors (Lipinski definition) is 1. The number of nitrogens with one attached hydrogen (secondary N) is 1. The first-order valence-corrected chi connectivity index (χ1v) is 9.55. The van der Waals surface area contributed by atoms with Crippen molar-refractivity contribution in [3.8, 4) is 0 Å². The van der Waals surface area contributed by atoms with Crippen molar-refractivity contribution in [2.75, 3.05) is 11.9 Å². The van der Waals surface area contributed by atoms with Crippen LogP contribution in [0.1, 0.15) is 62.2 Å². The zero-order chi connectivity index (χ0) is 17.8. The molecule has 4 nitrogen and oxygen atoms in total. The zero-order valence-electron chi connectivity index (χ0n) is 15.6. The second kappa shape index (κ2) is 5.86. The molecule has 0 saturated heterocycles. The van der Waals surface area contributed by atoms with Gasteiger partial charge in [0.2, 0.25) is 0 Å². The lowest BCUT2D eigenvalue weighted by Crippen LogP contribution is -2.58. The number of anilines is 1. The number of nitrogens with zero attached hydrogens (tertiary/aromatic N) is 1. The fourth-order valence-corrected chi connectivity index (χ4v) is 5.24. The summed E-state index contributed by atoms with van der Waals surface area (Å²) in [7, 11) is 0. The van der Waals surface area contributed by atoms with E-state index in [9.17, 15) is 4.79 Å². The Labute approximate surface area is 150 Å². The van der Waals surface area contributed by atoms with Gasteiger partial charge in [-0.1, -0.05) is 32.9 Å². The summed E-state index contributed by atoms with van der Waals surface area (Å²) in [5.41, 5.74) is 4.06. The molecule has 0 aliphatic heterocycles. The van der Waals surface area contributed by atoms with Crippen molar-refractivity contribution in [3.63, 3.8) is 0 Å². The number of pyridine rings is 1. The summed E-state index contributed by atoms with van der Waals surface area (Å²) < 4.78 is 5.26. The van der Waals surface area contributed by atoms with Crippen LogP contribution in [0, 0.1) is 23.2 Å². The fraction of sp³-hybridized carbons (Fsp3) is 0.619. The van der Waals surface area contributed by atoms with Crippen molar-refractivity contribution in [2.24, 2.45) is 23.2 Å². The minimum absolute atomic E-state index is 0.283. The van der Waals surface area contributed by atoms with Crippen LogP contribution in [-0.2, 0) is 11.2 Å². The first-order valence-electron chi connectivity index (χ1n) is 9.55. The van der Waals surface area contributed by atoms with Crippen molar-refractivity contribution >= 4 is 17.7 Å². The highest BCUT2D eigenvalue weighted by molar-refractivity contribution is 5.98. The van der Waals surface area contributed by atoms with Gasteiger partial charge in [0.15, 0.2) is 0 Å². The summed E-state index contributed by atoms with van der Waals surface area (Å²) in [6.45, 7) is 9.40. The third kappa shape index (κ3) is 2.49. The van der Waals surface area contributed by atoms with Gasteiger partial charge in [-0.2, -0.15) is 0 Å². The highest BCUT2D eigenvalue weighted by atomic mass is 16.5. The highest BCUT2D eigenvalue weighted by Crippen LogP contribution is 2.61. The number of carbonyl (C=O) groups is 1. The van der Waals surface area contributed by atoms with E-state index in [0.29, 0.717) is 29.5 Å². The van der Waals surface area contributed by atoms with Crippen molar-refractivity contribution in [1.82, 2.24) is 4.98 Å². The molecule has 2 bridgehead atoms. The van der Waals surface area contributed by atoms with Gasteiger partial charge in [-0.15, -0.1) is 0 Å². The van der Waals surface area contributed by atoms with E-state index in [1.54, 1.807) is 6.20 Å². The molecule has 5 rings (SSSR count). The maximum Gasteiger partial charge on any atom is 0.341 e. The van der Waals surface area contributed by atoms with Gasteiger partial charge in [0, 0.05) is 24.2 Å². The van der Waals surface area contributed by atoms with Gasteiger partial charge in [0.1, 0.15) is 5.56 Å². The topological polar surface area (TPSA) is 51.2 Å². The molecule has 0 spiro atoms. The molecule has 0 aromatic carbocycles. The van der Waals surface area contributed by atoms with Crippen molar-refractivity contribution in [3.05, 3.63) is 29.1 Å². The van der Waals surface area contributed by atoms with Crippen LogP contribution in [0.3, 0.4) is 0 Å². The number of aromatic nitrogens is 1. The first-order chi connectivity index (χ1) is 11.9. The van der Waals surface area contributed by atoms with E-state index in [1.165, 1.54) is 12.8 Å². The molecule has 1 aromatic heterocycles.